The fraction of sp³-hybridized carbons (Fsp3) is 0.562. The summed E-state index contributed by atoms with van der Waals surface area (Å²) in [6.45, 7) is 4.14. The van der Waals surface area contributed by atoms with Crippen LogP contribution in [0.5, 0.6) is 5.75 Å². The second-order valence-corrected chi connectivity index (χ2v) is 5.57. The first-order valence-electron chi connectivity index (χ1n) is 7.62. The third-order valence-electron chi connectivity index (χ3n) is 4.01. The zero-order valence-corrected chi connectivity index (χ0v) is 12.5. The van der Waals surface area contributed by atoms with E-state index < -0.39 is 0 Å². The Morgan fingerprint density at radius 1 is 1.33 bits per heavy atom. The van der Waals surface area contributed by atoms with Crippen molar-refractivity contribution in [2.45, 2.75) is 25.8 Å². The van der Waals surface area contributed by atoms with E-state index in [1.54, 1.807) is 0 Å². The lowest BCUT2D eigenvalue weighted by Crippen LogP contribution is -2.39. The van der Waals surface area contributed by atoms with Gasteiger partial charge in [0.15, 0.2) is 0 Å². The molecule has 0 atom stereocenters. The van der Waals surface area contributed by atoms with Crippen molar-refractivity contribution in [1.82, 2.24) is 4.90 Å². The molecule has 1 amide bonds. The molecule has 2 rings (SSSR count). The number of carbonyl (C=O) groups is 1. The molecule has 0 aromatic heterocycles. The molecule has 1 aromatic rings. The van der Waals surface area contributed by atoms with Gasteiger partial charge >= 0.3 is 0 Å². The third kappa shape index (κ3) is 5.02. The van der Waals surface area contributed by atoms with E-state index in [0.29, 0.717) is 13.2 Å². The van der Waals surface area contributed by atoms with E-state index in [1.807, 2.05) is 24.3 Å². The SMILES string of the molecule is NCc1cccc(OCCCN2CCC(C(N)=O)CC2)c1. The van der Waals surface area contributed by atoms with Gasteiger partial charge in [0.05, 0.1) is 6.61 Å². The highest BCUT2D eigenvalue weighted by molar-refractivity contribution is 5.76. The van der Waals surface area contributed by atoms with Crippen LogP contribution in [0.15, 0.2) is 24.3 Å². The minimum atomic E-state index is -0.155. The van der Waals surface area contributed by atoms with Crippen LogP contribution in [0.2, 0.25) is 0 Å². The lowest BCUT2D eigenvalue weighted by molar-refractivity contribution is -0.123. The molecule has 21 heavy (non-hydrogen) atoms. The maximum atomic E-state index is 11.1. The Hall–Kier alpha value is -1.59. The smallest absolute Gasteiger partial charge is 0.220 e. The Morgan fingerprint density at radius 2 is 2.10 bits per heavy atom. The second-order valence-electron chi connectivity index (χ2n) is 5.57. The minimum absolute atomic E-state index is 0.0662. The van der Waals surface area contributed by atoms with Crippen LogP contribution in [0.3, 0.4) is 0 Å². The van der Waals surface area contributed by atoms with E-state index in [1.165, 1.54) is 0 Å². The summed E-state index contributed by atoms with van der Waals surface area (Å²) < 4.78 is 5.74. The number of likely N-dealkylation sites (tertiary alicyclic amines) is 1. The topological polar surface area (TPSA) is 81.6 Å². The summed E-state index contributed by atoms with van der Waals surface area (Å²) in [5, 5.41) is 0. The summed E-state index contributed by atoms with van der Waals surface area (Å²) in [7, 11) is 0. The van der Waals surface area contributed by atoms with Crippen LogP contribution >= 0.6 is 0 Å². The number of hydrogen-bond donors (Lipinski definition) is 2. The molecular weight excluding hydrogens is 266 g/mol. The molecule has 0 spiro atoms. The van der Waals surface area contributed by atoms with Gasteiger partial charge in [-0.3, -0.25) is 4.79 Å². The molecule has 0 saturated carbocycles. The first kappa shape index (κ1) is 15.8. The average Bonchev–Trinajstić information content (AvgIpc) is 2.52. The molecule has 1 aromatic carbocycles. The number of rotatable bonds is 7. The fourth-order valence-electron chi connectivity index (χ4n) is 2.68. The van der Waals surface area contributed by atoms with Gasteiger partial charge < -0.3 is 21.1 Å². The number of benzene rings is 1. The average molecular weight is 291 g/mol. The molecule has 1 aliphatic rings. The number of primary amides is 1. The first-order chi connectivity index (χ1) is 10.2. The van der Waals surface area contributed by atoms with E-state index in [0.717, 1.165) is 50.2 Å². The highest BCUT2D eigenvalue weighted by Gasteiger charge is 2.22. The molecular formula is C16H25N3O2. The molecule has 5 heteroatoms. The van der Waals surface area contributed by atoms with Gasteiger partial charge in [0.25, 0.3) is 0 Å². The Kier molecular flexibility index (Phi) is 6.02. The summed E-state index contributed by atoms with van der Waals surface area (Å²) >= 11 is 0. The number of piperidine rings is 1. The normalized spacial score (nSPS) is 16.8. The van der Waals surface area contributed by atoms with Gasteiger partial charge in [0, 0.05) is 19.0 Å². The molecule has 116 valence electrons. The summed E-state index contributed by atoms with van der Waals surface area (Å²) in [6, 6.07) is 7.90. The fourth-order valence-corrected chi connectivity index (χ4v) is 2.68. The lowest BCUT2D eigenvalue weighted by Gasteiger charge is -2.30. The van der Waals surface area contributed by atoms with E-state index in [-0.39, 0.29) is 11.8 Å². The highest BCUT2D eigenvalue weighted by Crippen LogP contribution is 2.17. The predicted molar refractivity (Wildman–Crippen MR) is 82.8 cm³/mol. The zero-order chi connectivity index (χ0) is 15.1. The van der Waals surface area contributed by atoms with Crippen LogP contribution in [-0.4, -0.2) is 37.0 Å². The molecule has 0 bridgehead atoms. The van der Waals surface area contributed by atoms with Gasteiger partial charge in [-0.15, -0.1) is 0 Å². The van der Waals surface area contributed by atoms with Crippen molar-refractivity contribution in [1.29, 1.82) is 0 Å². The van der Waals surface area contributed by atoms with Gasteiger partial charge in [-0.05, 0) is 50.0 Å². The molecule has 1 fully saturated rings. The predicted octanol–water partition coefficient (Wildman–Crippen LogP) is 1.11. The lowest BCUT2D eigenvalue weighted by atomic mass is 9.96. The van der Waals surface area contributed by atoms with Gasteiger partial charge in [-0.2, -0.15) is 0 Å². The minimum Gasteiger partial charge on any atom is -0.494 e. The van der Waals surface area contributed by atoms with Crippen LogP contribution in [0.4, 0.5) is 0 Å². The standard InChI is InChI=1S/C16H25N3O2/c17-12-13-3-1-4-15(11-13)21-10-2-7-19-8-5-14(6-9-19)16(18)20/h1,3-4,11,14H,2,5-10,12,17H2,(H2,18,20). The van der Waals surface area contributed by atoms with Gasteiger partial charge in [-0.25, -0.2) is 0 Å². The molecule has 0 radical (unpaired) electrons. The number of carbonyl (C=O) groups excluding carboxylic acids is 1. The van der Waals surface area contributed by atoms with Crippen LogP contribution in [0, 0.1) is 5.92 Å². The third-order valence-corrected chi connectivity index (χ3v) is 4.01. The van der Waals surface area contributed by atoms with Crippen molar-refractivity contribution in [3.8, 4) is 5.75 Å². The van der Waals surface area contributed by atoms with Crippen LogP contribution in [-0.2, 0) is 11.3 Å². The Balaban J connectivity index is 1.63. The number of nitrogens with zero attached hydrogens (tertiary/aromatic N) is 1. The van der Waals surface area contributed by atoms with E-state index in [2.05, 4.69) is 4.90 Å². The van der Waals surface area contributed by atoms with Crippen molar-refractivity contribution in [2.75, 3.05) is 26.2 Å². The van der Waals surface area contributed by atoms with Crippen LogP contribution in [0.1, 0.15) is 24.8 Å². The molecule has 1 aliphatic heterocycles. The highest BCUT2D eigenvalue weighted by atomic mass is 16.5. The largest absolute Gasteiger partial charge is 0.494 e. The maximum absolute atomic E-state index is 11.1. The van der Waals surface area contributed by atoms with Crippen molar-refractivity contribution < 1.29 is 9.53 Å². The molecule has 1 heterocycles. The molecule has 5 nitrogen and oxygen atoms in total. The number of hydrogen-bond acceptors (Lipinski definition) is 4. The van der Waals surface area contributed by atoms with Crippen molar-refractivity contribution in [3.63, 3.8) is 0 Å². The molecule has 0 unspecified atom stereocenters. The van der Waals surface area contributed by atoms with Gasteiger partial charge in [0.1, 0.15) is 5.75 Å². The van der Waals surface area contributed by atoms with Crippen LogP contribution in [0.25, 0.3) is 0 Å². The Labute approximate surface area is 126 Å². The Bertz CT molecular complexity index is 457. The summed E-state index contributed by atoms with van der Waals surface area (Å²) in [4.78, 5) is 13.5. The van der Waals surface area contributed by atoms with E-state index in [9.17, 15) is 4.79 Å². The first-order valence-corrected chi connectivity index (χ1v) is 7.62. The number of amides is 1. The van der Waals surface area contributed by atoms with E-state index >= 15 is 0 Å². The van der Waals surface area contributed by atoms with Crippen molar-refractivity contribution in [3.05, 3.63) is 29.8 Å². The molecule has 1 saturated heterocycles. The maximum Gasteiger partial charge on any atom is 0.220 e. The van der Waals surface area contributed by atoms with Gasteiger partial charge in [0.2, 0.25) is 5.91 Å². The Morgan fingerprint density at radius 3 is 2.76 bits per heavy atom. The second kappa shape index (κ2) is 8.00. The summed E-state index contributed by atoms with van der Waals surface area (Å²) in [6.07, 6.45) is 2.75. The molecule has 0 aliphatic carbocycles. The monoisotopic (exact) mass is 291 g/mol. The summed E-state index contributed by atoms with van der Waals surface area (Å²) in [5.74, 6) is 0.791. The molecule has 4 N–H and O–H groups in total. The van der Waals surface area contributed by atoms with Crippen molar-refractivity contribution in [2.24, 2.45) is 17.4 Å². The van der Waals surface area contributed by atoms with Gasteiger partial charge in [-0.1, -0.05) is 12.1 Å². The number of nitrogens with two attached hydrogens (primary N) is 2. The van der Waals surface area contributed by atoms with Crippen molar-refractivity contribution >= 4 is 5.91 Å². The van der Waals surface area contributed by atoms with E-state index in [4.69, 9.17) is 16.2 Å². The quantitative estimate of drug-likeness (QED) is 0.737. The van der Waals surface area contributed by atoms with Crippen LogP contribution < -0.4 is 16.2 Å². The summed E-state index contributed by atoms with van der Waals surface area (Å²) in [5.41, 5.74) is 12.0. The number of ether oxygens (including phenoxy) is 1. The zero-order valence-electron chi connectivity index (χ0n) is 12.5.